The minimum Gasteiger partial charge on any atom is -0.384 e. The molecule has 0 spiro atoms. The zero-order valence-electron chi connectivity index (χ0n) is 10.4. The molecule has 3 nitrogen and oxygen atoms in total. The average molecular weight is 289 g/mol. The molecule has 0 aromatic carbocycles. The molecule has 92 valence electrons. The summed E-state index contributed by atoms with van der Waals surface area (Å²) in [5, 5.41) is 4.54. The number of alkyl halides is 1. The first-order valence-electron chi connectivity index (χ1n) is 5.89. The summed E-state index contributed by atoms with van der Waals surface area (Å²) in [4.78, 5) is 0.433. The molecule has 1 aromatic rings. The summed E-state index contributed by atoms with van der Waals surface area (Å²) in [5.74, 6) is 0. The molecule has 0 radical (unpaired) electrons. The highest BCUT2D eigenvalue weighted by atomic mass is 79.9. The molecule has 0 N–H and O–H groups in total. The smallest absolute Gasteiger partial charge is 0.0624 e. The van der Waals surface area contributed by atoms with Crippen LogP contribution in [0.25, 0.3) is 0 Å². The first kappa shape index (κ1) is 13.7. The third-order valence-electron chi connectivity index (χ3n) is 2.64. The summed E-state index contributed by atoms with van der Waals surface area (Å²) in [6.45, 7) is 5.99. The van der Waals surface area contributed by atoms with Crippen molar-refractivity contribution in [3.05, 3.63) is 17.5 Å². The van der Waals surface area contributed by atoms with E-state index in [4.69, 9.17) is 4.74 Å². The Morgan fingerprint density at radius 1 is 1.50 bits per heavy atom. The molecular formula is C12H21BrN2O. The molecule has 1 aromatic heterocycles. The van der Waals surface area contributed by atoms with Gasteiger partial charge in [-0.1, -0.05) is 22.9 Å². The van der Waals surface area contributed by atoms with Gasteiger partial charge in [-0.2, -0.15) is 5.10 Å². The van der Waals surface area contributed by atoms with Crippen molar-refractivity contribution in [1.82, 2.24) is 9.78 Å². The number of hydrogen-bond donors (Lipinski definition) is 0. The third kappa shape index (κ3) is 3.91. The molecule has 0 aliphatic carbocycles. The first-order valence-corrected chi connectivity index (χ1v) is 6.81. The molecular weight excluding hydrogens is 268 g/mol. The molecule has 0 bridgehead atoms. The topological polar surface area (TPSA) is 27.1 Å². The average Bonchev–Trinajstić information content (AvgIpc) is 2.69. The molecule has 0 saturated heterocycles. The van der Waals surface area contributed by atoms with Crippen molar-refractivity contribution < 1.29 is 4.74 Å². The zero-order chi connectivity index (χ0) is 12.0. The van der Waals surface area contributed by atoms with E-state index in [0.717, 1.165) is 32.4 Å². The van der Waals surface area contributed by atoms with Gasteiger partial charge in [0.2, 0.25) is 0 Å². The van der Waals surface area contributed by atoms with Crippen LogP contribution in [-0.2, 0) is 24.1 Å². The molecule has 0 saturated carbocycles. The van der Waals surface area contributed by atoms with E-state index >= 15 is 0 Å². The minimum atomic E-state index is 0.433. The molecule has 1 atom stereocenters. The zero-order valence-corrected chi connectivity index (χ0v) is 12.0. The summed E-state index contributed by atoms with van der Waals surface area (Å²) < 4.78 is 7.21. The molecule has 1 unspecified atom stereocenters. The SMILES string of the molecule is CCc1cc(CCC(Br)COC)n(CC)n1. The van der Waals surface area contributed by atoms with E-state index in [2.05, 4.69) is 45.6 Å². The predicted octanol–water partition coefficient (Wildman–Crippen LogP) is 2.81. The van der Waals surface area contributed by atoms with Crippen LogP contribution in [0.1, 0.15) is 31.7 Å². The standard InChI is InChI=1S/C12H21BrN2O/c1-4-11-8-12(15(5-2)14-11)7-6-10(13)9-16-3/h8,10H,4-7,9H2,1-3H3. The van der Waals surface area contributed by atoms with Crippen LogP contribution < -0.4 is 0 Å². The van der Waals surface area contributed by atoms with Gasteiger partial charge >= 0.3 is 0 Å². The maximum Gasteiger partial charge on any atom is 0.0624 e. The Kier molecular flexibility index (Phi) is 6.06. The van der Waals surface area contributed by atoms with Crippen molar-refractivity contribution in [1.29, 1.82) is 0 Å². The summed E-state index contributed by atoms with van der Waals surface area (Å²) in [7, 11) is 1.74. The Hall–Kier alpha value is -0.350. The van der Waals surface area contributed by atoms with Crippen LogP contribution in [0.3, 0.4) is 0 Å². The van der Waals surface area contributed by atoms with Gasteiger partial charge in [0, 0.05) is 24.2 Å². The van der Waals surface area contributed by atoms with Gasteiger partial charge in [-0.05, 0) is 32.3 Å². The number of aromatic nitrogens is 2. The number of halogens is 1. The second-order valence-corrected chi connectivity index (χ2v) is 5.18. The lowest BCUT2D eigenvalue weighted by Gasteiger charge is -2.09. The van der Waals surface area contributed by atoms with Gasteiger partial charge in [0.05, 0.1) is 12.3 Å². The van der Waals surface area contributed by atoms with E-state index in [9.17, 15) is 0 Å². The minimum absolute atomic E-state index is 0.433. The van der Waals surface area contributed by atoms with Crippen LogP contribution in [0.2, 0.25) is 0 Å². The number of aryl methyl sites for hydroxylation is 3. The van der Waals surface area contributed by atoms with Gasteiger partial charge in [-0.3, -0.25) is 4.68 Å². The van der Waals surface area contributed by atoms with Gasteiger partial charge in [0.25, 0.3) is 0 Å². The van der Waals surface area contributed by atoms with Crippen LogP contribution in [0.4, 0.5) is 0 Å². The predicted molar refractivity (Wildman–Crippen MR) is 70.2 cm³/mol. The number of hydrogen-bond acceptors (Lipinski definition) is 2. The van der Waals surface area contributed by atoms with E-state index in [1.165, 1.54) is 11.4 Å². The van der Waals surface area contributed by atoms with Crippen LogP contribution >= 0.6 is 15.9 Å². The Balaban J connectivity index is 2.54. The summed E-state index contributed by atoms with van der Waals surface area (Å²) in [5.41, 5.74) is 2.52. The van der Waals surface area contributed by atoms with E-state index in [1.54, 1.807) is 7.11 Å². The molecule has 1 rings (SSSR count). The molecule has 0 aliphatic rings. The normalized spacial score (nSPS) is 13.0. The van der Waals surface area contributed by atoms with Crippen molar-refractivity contribution in [3.8, 4) is 0 Å². The van der Waals surface area contributed by atoms with Gasteiger partial charge < -0.3 is 4.74 Å². The third-order valence-corrected chi connectivity index (χ3v) is 3.36. The monoisotopic (exact) mass is 288 g/mol. The van der Waals surface area contributed by atoms with Crippen LogP contribution in [0.15, 0.2) is 6.07 Å². The fourth-order valence-corrected chi connectivity index (χ4v) is 2.22. The molecule has 0 amide bonds. The van der Waals surface area contributed by atoms with E-state index in [0.29, 0.717) is 4.83 Å². The summed E-state index contributed by atoms with van der Waals surface area (Å²) in [6, 6.07) is 2.22. The molecule has 1 heterocycles. The van der Waals surface area contributed by atoms with Crippen molar-refractivity contribution in [2.75, 3.05) is 13.7 Å². The number of ether oxygens (including phenoxy) is 1. The van der Waals surface area contributed by atoms with Crippen molar-refractivity contribution in [3.63, 3.8) is 0 Å². The number of rotatable bonds is 7. The maximum absolute atomic E-state index is 5.11. The molecule has 0 aliphatic heterocycles. The summed E-state index contributed by atoms with van der Waals surface area (Å²) >= 11 is 3.61. The summed E-state index contributed by atoms with van der Waals surface area (Å²) in [6.07, 6.45) is 3.15. The Morgan fingerprint density at radius 3 is 2.81 bits per heavy atom. The fraction of sp³-hybridized carbons (Fsp3) is 0.750. The van der Waals surface area contributed by atoms with E-state index < -0.39 is 0 Å². The van der Waals surface area contributed by atoms with Crippen molar-refractivity contribution in [2.45, 2.75) is 44.5 Å². The second kappa shape index (κ2) is 7.07. The van der Waals surface area contributed by atoms with E-state index in [1.807, 2.05) is 0 Å². The molecule has 16 heavy (non-hydrogen) atoms. The molecule has 4 heteroatoms. The van der Waals surface area contributed by atoms with Crippen LogP contribution in [0.5, 0.6) is 0 Å². The lowest BCUT2D eigenvalue weighted by atomic mass is 10.2. The van der Waals surface area contributed by atoms with Crippen molar-refractivity contribution >= 4 is 15.9 Å². The number of nitrogens with zero attached hydrogens (tertiary/aromatic N) is 2. The highest BCUT2D eigenvalue weighted by Crippen LogP contribution is 2.13. The first-order chi connectivity index (χ1) is 7.71. The van der Waals surface area contributed by atoms with Gasteiger partial charge in [0.1, 0.15) is 0 Å². The van der Waals surface area contributed by atoms with Gasteiger partial charge in [-0.25, -0.2) is 0 Å². The Morgan fingerprint density at radius 2 is 2.25 bits per heavy atom. The molecule has 0 fully saturated rings. The maximum atomic E-state index is 5.11. The Bertz CT molecular complexity index is 312. The van der Waals surface area contributed by atoms with Gasteiger partial charge in [-0.15, -0.1) is 0 Å². The highest BCUT2D eigenvalue weighted by molar-refractivity contribution is 9.09. The largest absolute Gasteiger partial charge is 0.384 e. The Labute approximate surface area is 106 Å². The fourth-order valence-electron chi connectivity index (χ4n) is 1.73. The lowest BCUT2D eigenvalue weighted by molar-refractivity contribution is 0.198. The lowest BCUT2D eigenvalue weighted by Crippen LogP contribution is -2.10. The quantitative estimate of drug-likeness (QED) is 0.722. The number of methoxy groups -OCH3 is 1. The van der Waals surface area contributed by atoms with Crippen LogP contribution in [0, 0.1) is 0 Å². The van der Waals surface area contributed by atoms with E-state index in [-0.39, 0.29) is 0 Å². The second-order valence-electron chi connectivity index (χ2n) is 3.89. The highest BCUT2D eigenvalue weighted by Gasteiger charge is 2.09. The van der Waals surface area contributed by atoms with Crippen LogP contribution in [-0.4, -0.2) is 28.3 Å². The van der Waals surface area contributed by atoms with Crippen molar-refractivity contribution in [2.24, 2.45) is 0 Å². The van der Waals surface area contributed by atoms with Gasteiger partial charge in [0.15, 0.2) is 0 Å².